The van der Waals surface area contributed by atoms with Crippen LogP contribution in [0.15, 0.2) is 0 Å². The molecule has 1 rings (SSSR count). The van der Waals surface area contributed by atoms with Crippen molar-refractivity contribution < 1.29 is 19.4 Å². The number of hydrogen-bond acceptors (Lipinski definition) is 5. The molecular weight excluding hydrogens is 200 g/mol. The molecule has 6 nitrogen and oxygen atoms in total. The van der Waals surface area contributed by atoms with Gasteiger partial charge in [0, 0.05) is 7.11 Å². The normalized spacial score (nSPS) is 22.9. The number of amides is 2. The second kappa shape index (κ2) is 5.79. The van der Waals surface area contributed by atoms with Crippen LogP contribution in [-0.2, 0) is 14.3 Å². The van der Waals surface area contributed by atoms with Gasteiger partial charge in [0.05, 0.1) is 25.2 Å². The van der Waals surface area contributed by atoms with Crippen molar-refractivity contribution in [3.63, 3.8) is 0 Å². The summed E-state index contributed by atoms with van der Waals surface area (Å²) >= 11 is 0. The van der Waals surface area contributed by atoms with E-state index in [4.69, 9.17) is 4.74 Å². The maximum absolute atomic E-state index is 11.1. The average molecular weight is 216 g/mol. The number of methoxy groups -OCH3 is 1. The van der Waals surface area contributed by atoms with E-state index in [0.29, 0.717) is 13.0 Å². The lowest BCUT2D eigenvalue weighted by atomic mass is 10.2. The summed E-state index contributed by atoms with van der Waals surface area (Å²) in [5.41, 5.74) is 0. The number of imide groups is 1. The van der Waals surface area contributed by atoms with Crippen molar-refractivity contribution in [1.29, 1.82) is 0 Å². The van der Waals surface area contributed by atoms with Crippen LogP contribution in [0.25, 0.3) is 0 Å². The smallest absolute Gasteiger partial charge is 0.244 e. The number of hydrogen-bond donors (Lipinski definition) is 3. The lowest BCUT2D eigenvalue weighted by Crippen LogP contribution is -2.38. The molecule has 1 heterocycles. The fourth-order valence-corrected chi connectivity index (χ4v) is 1.42. The van der Waals surface area contributed by atoms with Crippen LogP contribution in [-0.4, -0.2) is 49.3 Å². The van der Waals surface area contributed by atoms with E-state index in [2.05, 4.69) is 10.6 Å². The predicted octanol–water partition coefficient (Wildman–Crippen LogP) is -1.61. The summed E-state index contributed by atoms with van der Waals surface area (Å²) in [7, 11) is 1.51. The number of aliphatic hydroxyl groups excluding tert-OH is 1. The Morgan fingerprint density at radius 1 is 1.67 bits per heavy atom. The van der Waals surface area contributed by atoms with Gasteiger partial charge in [-0.2, -0.15) is 0 Å². The molecule has 6 heteroatoms. The molecule has 15 heavy (non-hydrogen) atoms. The molecule has 1 aliphatic heterocycles. The molecule has 1 saturated heterocycles. The van der Waals surface area contributed by atoms with Gasteiger partial charge < -0.3 is 15.2 Å². The number of rotatable bonds is 6. The van der Waals surface area contributed by atoms with E-state index >= 15 is 0 Å². The molecule has 86 valence electrons. The lowest BCUT2D eigenvalue weighted by Gasteiger charge is -2.12. The molecule has 1 fully saturated rings. The Labute approximate surface area is 88.0 Å². The minimum absolute atomic E-state index is 0.180. The van der Waals surface area contributed by atoms with Crippen LogP contribution in [0, 0.1) is 0 Å². The Balaban J connectivity index is 2.15. The molecule has 0 aliphatic carbocycles. The third-order valence-electron chi connectivity index (χ3n) is 2.20. The standard InChI is InChI=1S/C9H16N2O4/c1-15-5-6(12)2-3-10-7-4-8(13)11-9(7)14/h6-7,10,12H,2-5H2,1H3,(H,11,13,14). The van der Waals surface area contributed by atoms with Gasteiger partial charge in [-0.15, -0.1) is 0 Å². The van der Waals surface area contributed by atoms with E-state index in [-0.39, 0.29) is 24.8 Å². The zero-order valence-electron chi connectivity index (χ0n) is 8.66. The molecule has 0 aromatic rings. The van der Waals surface area contributed by atoms with Gasteiger partial charge in [-0.25, -0.2) is 0 Å². The second-order valence-corrected chi connectivity index (χ2v) is 3.52. The van der Waals surface area contributed by atoms with Crippen molar-refractivity contribution in [3.8, 4) is 0 Å². The highest BCUT2D eigenvalue weighted by Crippen LogP contribution is 2.01. The van der Waals surface area contributed by atoms with Crippen LogP contribution >= 0.6 is 0 Å². The van der Waals surface area contributed by atoms with E-state index in [1.807, 2.05) is 0 Å². The number of ether oxygens (including phenoxy) is 1. The summed E-state index contributed by atoms with van der Waals surface area (Å²) in [6.45, 7) is 0.757. The van der Waals surface area contributed by atoms with Gasteiger partial charge in [-0.1, -0.05) is 0 Å². The Hall–Kier alpha value is -0.980. The van der Waals surface area contributed by atoms with Crippen molar-refractivity contribution in [2.24, 2.45) is 0 Å². The van der Waals surface area contributed by atoms with Crippen LogP contribution in [0.2, 0.25) is 0 Å². The molecule has 0 spiro atoms. The summed E-state index contributed by atoms with van der Waals surface area (Å²) in [5.74, 6) is -0.545. The van der Waals surface area contributed by atoms with E-state index in [9.17, 15) is 14.7 Å². The van der Waals surface area contributed by atoms with Crippen LogP contribution in [0.4, 0.5) is 0 Å². The average Bonchev–Trinajstić information content (AvgIpc) is 2.46. The number of carbonyl (C=O) groups is 2. The zero-order chi connectivity index (χ0) is 11.3. The van der Waals surface area contributed by atoms with E-state index in [1.165, 1.54) is 7.11 Å². The van der Waals surface area contributed by atoms with Crippen LogP contribution in [0.1, 0.15) is 12.8 Å². The maximum atomic E-state index is 11.1. The lowest BCUT2D eigenvalue weighted by molar-refractivity contribution is -0.125. The summed E-state index contributed by atoms with van der Waals surface area (Å²) in [6, 6.07) is -0.452. The van der Waals surface area contributed by atoms with Crippen LogP contribution < -0.4 is 10.6 Å². The molecule has 0 radical (unpaired) electrons. The van der Waals surface area contributed by atoms with Crippen LogP contribution in [0.5, 0.6) is 0 Å². The summed E-state index contributed by atoms with van der Waals surface area (Å²) in [6.07, 6.45) is 0.132. The second-order valence-electron chi connectivity index (χ2n) is 3.52. The van der Waals surface area contributed by atoms with E-state index < -0.39 is 12.1 Å². The molecule has 2 unspecified atom stereocenters. The first-order valence-corrected chi connectivity index (χ1v) is 4.87. The Morgan fingerprint density at radius 2 is 2.40 bits per heavy atom. The Kier molecular flexibility index (Phi) is 4.67. The van der Waals surface area contributed by atoms with Gasteiger partial charge in [-0.05, 0) is 13.0 Å². The van der Waals surface area contributed by atoms with E-state index in [1.54, 1.807) is 0 Å². The van der Waals surface area contributed by atoms with Gasteiger partial charge in [0.2, 0.25) is 11.8 Å². The highest BCUT2D eigenvalue weighted by atomic mass is 16.5. The summed E-state index contributed by atoms with van der Waals surface area (Å²) in [5, 5.41) is 14.4. The van der Waals surface area contributed by atoms with Gasteiger partial charge >= 0.3 is 0 Å². The summed E-state index contributed by atoms with van der Waals surface area (Å²) in [4.78, 5) is 21.9. The fourth-order valence-electron chi connectivity index (χ4n) is 1.42. The largest absolute Gasteiger partial charge is 0.391 e. The van der Waals surface area contributed by atoms with Crippen molar-refractivity contribution in [2.75, 3.05) is 20.3 Å². The first-order chi connectivity index (χ1) is 7.13. The molecule has 3 N–H and O–H groups in total. The van der Waals surface area contributed by atoms with Gasteiger partial charge in [0.1, 0.15) is 0 Å². The molecule has 0 aromatic carbocycles. The number of nitrogens with one attached hydrogen (secondary N) is 2. The highest BCUT2D eigenvalue weighted by molar-refractivity contribution is 6.05. The number of carbonyl (C=O) groups excluding carboxylic acids is 2. The monoisotopic (exact) mass is 216 g/mol. The SMILES string of the molecule is COCC(O)CCNC1CC(=O)NC1=O. The van der Waals surface area contributed by atoms with E-state index in [0.717, 1.165) is 0 Å². The molecule has 1 aliphatic rings. The Bertz CT molecular complexity index is 244. The minimum atomic E-state index is -0.539. The van der Waals surface area contributed by atoms with Gasteiger partial charge in [0.25, 0.3) is 0 Å². The predicted molar refractivity (Wildman–Crippen MR) is 52.1 cm³/mol. The first kappa shape index (κ1) is 12.1. The summed E-state index contributed by atoms with van der Waals surface area (Å²) < 4.78 is 4.75. The molecule has 0 bridgehead atoms. The van der Waals surface area contributed by atoms with Gasteiger partial charge in [-0.3, -0.25) is 14.9 Å². The van der Waals surface area contributed by atoms with Crippen molar-refractivity contribution >= 4 is 11.8 Å². The third-order valence-corrected chi connectivity index (χ3v) is 2.20. The molecule has 2 atom stereocenters. The molecule has 0 aromatic heterocycles. The van der Waals surface area contributed by atoms with Crippen molar-refractivity contribution in [2.45, 2.75) is 25.0 Å². The highest BCUT2D eigenvalue weighted by Gasteiger charge is 2.29. The first-order valence-electron chi connectivity index (χ1n) is 4.87. The zero-order valence-corrected chi connectivity index (χ0v) is 8.66. The molecule has 2 amide bonds. The van der Waals surface area contributed by atoms with Crippen molar-refractivity contribution in [1.82, 2.24) is 10.6 Å². The topological polar surface area (TPSA) is 87.7 Å². The molecule has 0 saturated carbocycles. The van der Waals surface area contributed by atoms with Crippen LogP contribution in [0.3, 0.4) is 0 Å². The number of aliphatic hydroxyl groups is 1. The quantitative estimate of drug-likeness (QED) is 0.465. The fraction of sp³-hybridized carbons (Fsp3) is 0.778. The molecular formula is C9H16N2O4. The Morgan fingerprint density at radius 3 is 2.93 bits per heavy atom. The minimum Gasteiger partial charge on any atom is -0.391 e. The van der Waals surface area contributed by atoms with Crippen molar-refractivity contribution in [3.05, 3.63) is 0 Å². The van der Waals surface area contributed by atoms with Gasteiger partial charge in [0.15, 0.2) is 0 Å². The third kappa shape index (κ3) is 3.94. The maximum Gasteiger partial charge on any atom is 0.244 e.